The zero-order valence-corrected chi connectivity index (χ0v) is 18.5. The summed E-state index contributed by atoms with van der Waals surface area (Å²) >= 11 is 5.84. The van der Waals surface area contributed by atoms with Crippen LogP contribution in [0.1, 0.15) is 31.0 Å². The molecule has 0 spiro atoms. The summed E-state index contributed by atoms with van der Waals surface area (Å²) in [7, 11) is 3.49. The number of aliphatic imine (C=N–C) groups is 1. The van der Waals surface area contributed by atoms with Crippen molar-refractivity contribution < 1.29 is 4.74 Å². The third kappa shape index (κ3) is 7.22. The number of likely N-dealkylation sites (N-methyl/N-ethyl adjacent to an activating group) is 1. The molecule has 0 radical (unpaired) electrons. The summed E-state index contributed by atoms with van der Waals surface area (Å²) in [6.07, 6.45) is 2.65. The molecule has 1 atom stereocenters. The molecule has 0 aliphatic heterocycles. The quantitative estimate of drug-likeness (QED) is 0.352. The van der Waals surface area contributed by atoms with Gasteiger partial charge in [0.05, 0.1) is 13.2 Å². The lowest BCUT2D eigenvalue weighted by molar-refractivity contribution is 0.218. The fraction of sp³-hybridized carbons (Fsp3) is 0.455. The average Bonchev–Trinajstić information content (AvgIpc) is 2.76. The van der Waals surface area contributed by atoms with Crippen molar-refractivity contribution >= 4 is 17.6 Å². The summed E-state index contributed by atoms with van der Waals surface area (Å²) in [5.74, 6) is 1.66. The van der Waals surface area contributed by atoms with Crippen LogP contribution in [0.4, 0.5) is 0 Å². The van der Waals surface area contributed by atoms with Crippen LogP contribution >= 0.6 is 11.6 Å². The number of aromatic nitrogens is 1. The van der Waals surface area contributed by atoms with Crippen LogP contribution in [0.3, 0.4) is 0 Å². The number of hydrogen-bond acceptors (Lipinski definition) is 4. The Labute approximate surface area is 179 Å². The van der Waals surface area contributed by atoms with E-state index in [0.29, 0.717) is 5.15 Å². The predicted molar refractivity (Wildman–Crippen MR) is 121 cm³/mol. The summed E-state index contributed by atoms with van der Waals surface area (Å²) in [6.45, 7) is 7.81. The topological polar surface area (TPSA) is 61.8 Å². The van der Waals surface area contributed by atoms with Gasteiger partial charge in [-0.1, -0.05) is 43.6 Å². The lowest BCUT2D eigenvalue weighted by Crippen LogP contribution is -2.43. The number of ether oxygens (including phenoxy) is 1. The molecule has 0 amide bonds. The van der Waals surface area contributed by atoms with Crippen LogP contribution in [0.2, 0.25) is 5.15 Å². The number of rotatable bonds is 10. The van der Waals surface area contributed by atoms with E-state index >= 15 is 0 Å². The number of halogens is 1. The lowest BCUT2D eigenvalue weighted by atomic mass is 10.0. The minimum Gasteiger partial charge on any atom is -0.497 e. The maximum Gasteiger partial charge on any atom is 0.191 e. The smallest absolute Gasteiger partial charge is 0.191 e. The minimum absolute atomic E-state index is 0.221. The van der Waals surface area contributed by atoms with Gasteiger partial charge < -0.3 is 15.4 Å². The van der Waals surface area contributed by atoms with Crippen LogP contribution < -0.4 is 15.4 Å². The van der Waals surface area contributed by atoms with Gasteiger partial charge in [-0.15, -0.1) is 0 Å². The molecule has 0 saturated heterocycles. The number of pyridine rings is 1. The summed E-state index contributed by atoms with van der Waals surface area (Å²) in [6, 6.07) is 12.3. The third-order valence-electron chi connectivity index (χ3n) is 4.91. The molecule has 6 nitrogen and oxygen atoms in total. The Morgan fingerprint density at radius 3 is 2.62 bits per heavy atom. The number of nitrogens with zero attached hydrogens (tertiary/aromatic N) is 3. The minimum atomic E-state index is 0.221. The van der Waals surface area contributed by atoms with Crippen molar-refractivity contribution in [3.8, 4) is 5.75 Å². The van der Waals surface area contributed by atoms with Gasteiger partial charge in [0.25, 0.3) is 0 Å². The Bertz CT molecular complexity index is 762. The van der Waals surface area contributed by atoms with E-state index in [4.69, 9.17) is 16.3 Å². The molecule has 0 saturated carbocycles. The van der Waals surface area contributed by atoms with E-state index in [1.54, 1.807) is 20.4 Å². The van der Waals surface area contributed by atoms with Crippen molar-refractivity contribution in [2.24, 2.45) is 4.99 Å². The Kier molecular flexibility index (Phi) is 9.74. The van der Waals surface area contributed by atoms with E-state index in [1.807, 2.05) is 24.3 Å². The van der Waals surface area contributed by atoms with E-state index in [2.05, 4.69) is 51.5 Å². The number of hydrogen-bond donors (Lipinski definition) is 2. The molecule has 7 heteroatoms. The predicted octanol–water partition coefficient (Wildman–Crippen LogP) is 3.53. The molecule has 0 aliphatic carbocycles. The van der Waals surface area contributed by atoms with Crippen LogP contribution in [-0.4, -0.2) is 56.2 Å². The first-order valence-corrected chi connectivity index (χ1v) is 10.4. The number of nitrogens with one attached hydrogen (secondary N) is 2. The zero-order chi connectivity index (χ0) is 21.1. The Morgan fingerprint density at radius 2 is 2.00 bits per heavy atom. The van der Waals surface area contributed by atoms with Crippen molar-refractivity contribution in [2.45, 2.75) is 26.3 Å². The largest absolute Gasteiger partial charge is 0.497 e. The van der Waals surface area contributed by atoms with Crippen LogP contribution in [0, 0.1) is 0 Å². The Hall–Kier alpha value is -2.31. The first-order chi connectivity index (χ1) is 14.1. The lowest BCUT2D eigenvalue weighted by Gasteiger charge is -2.31. The zero-order valence-electron chi connectivity index (χ0n) is 17.8. The summed E-state index contributed by atoms with van der Waals surface area (Å²) < 4.78 is 5.41. The summed E-state index contributed by atoms with van der Waals surface area (Å²) in [5.41, 5.74) is 2.36. The van der Waals surface area contributed by atoms with Gasteiger partial charge in [-0.2, -0.15) is 0 Å². The molecule has 158 valence electrons. The second-order valence-electron chi connectivity index (χ2n) is 6.63. The normalized spacial score (nSPS) is 12.7. The van der Waals surface area contributed by atoms with Crippen molar-refractivity contribution in [2.75, 3.05) is 40.3 Å². The molecule has 0 aliphatic rings. The first kappa shape index (κ1) is 23.0. The maximum atomic E-state index is 5.84. The Morgan fingerprint density at radius 1 is 1.21 bits per heavy atom. The van der Waals surface area contributed by atoms with Gasteiger partial charge in [-0.25, -0.2) is 4.98 Å². The highest BCUT2D eigenvalue weighted by Gasteiger charge is 2.19. The molecule has 2 rings (SSSR count). The van der Waals surface area contributed by atoms with E-state index < -0.39 is 0 Å². The van der Waals surface area contributed by atoms with Crippen molar-refractivity contribution in [1.82, 2.24) is 20.5 Å². The van der Waals surface area contributed by atoms with Crippen molar-refractivity contribution in [1.29, 1.82) is 0 Å². The first-order valence-electron chi connectivity index (χ1n) is 10.0. The van der Waals surface area contributed by atoms with Gasteiger partial charge in [0.2, 0.25) is 0 Å². The SMILES string of the molecule is CCN(CC)C(CNC(=NC)NCCc1ccc(Cl)nc1)c1cccc(OC)c1. The fourth-order valence-corrected chi connectivity index (χ4v) is 3.38. The van der Waals surface area contributed by atoms with Crippen LogP contribution in [0.5, 0.6) is 5.75 Å². The second kappa shape index (κ2) is 12.3. The number of benzene rings is 1. The van der Waals surface area contributed by atoms with Gasteiger partial charge >= 0.3 is 0 Å². The molecule has 1 unspecified atom stereocenters. The highest BCUT2D eigenvalue weighted by atomic mass is 35.5. The maximum absolute atomic E-state index is 5.84. The van der Waals surface area contributed by atoms with Gasteiger partial charge in [-0.05, 0) is 48.8 Å². The molecule has 0 fully saturated rings. The van der Waals surface area contributed by atoms with Gasteiger partial charge in [0.15, 0.2) is 5.96 Å². The molecule has 0 bridgehead atoms. The van der Waals surface area contributed by atoms with E-state index in [-0.39, 0.29) is 6.04 Å². The molecule has 1 aromatic heterocycles. The van der Waals surface area contributed by atoms with E-state index in [0.717, 1.165) is 49.9 Å². The highest BCUT2D eigenvalue weighted by Crippen LogP contribution is 2.23. The van der Waals surface area contributed by atoms with Crippen molar-refractivity contribution in [3.63, 3.8) is 0 Å². The standard InChI is InChI=1S/C22H32ClN5O/c1-5-28(6-2)20(18-8-7-9-19(14-18)29-4)16-27-22(24-3)25-13-12-17-10-11-21(23)26-15-17/h7-11,14-15,20H,5-6,12-13,16H2,1-4H3,(H2,24,25,27). The summed E-state index contributed by atoms with van der Waals surface area (Å²) in [4.78, 5) is 10.9. The average molecular weight is 418 g/mol. The molecule has 1 aromatic carbocycles. The monoisotopic (exact) mass is 417 g/mol. The third-order valence-corrected chi connectivity index (χ3v) is 5.14. The van der Waals surface area contributed by atoms with Crippen LogP contribution in [0.15, 0.2) is 47.6 Å². The fourth-order valence-electron chi connectivity index (χ4n) is 3.26. The van der Waals surface area contributed by atoms with Gasteiger partial charge in [-0.3, -0.25) is 9.89 Å². The molecule has 2 aromatic rings. The molecule has 2 N–H and O–H groups in total. The van der Waals surface area contributed by atoms with E-state index in [1.165, 1.54) is 5.56 Å². The molecular weight excluding hydrogens is 386 g/mol. The van der Waals surface area contributed by atoms with E-state index in [9.17, 15) is 0 Å². The molecule has 29 heavy (non-hydrogen) atoms. The second-order valence-corrected chi connectivity index (χ2v) is 7.02. The van der Waals surface area contributed by atoms with Gasteiger partial charge in [0.1, 0.15) is 10.9 Å². The van der Waals surface area contributed by atoms with Crippen molar-refractivity contribution in [3.05, 3.63) is 58.9 Å². The highest BCUT2D eigenvalue weighted by molar-refractivity contribution is 6.29. The summed E-state index contributed by atoms with van der Waals surface area (Å²) in [5, 5.41) is 7.35. The van der Waals surface area contributed by atoms with Gasteiger partial charge in [0, 0.05) is 26.3 Å². The molecular formula is C22H32ClN5O. The Balaban J connectivity index is 1.97. The number of methoxy groups -OCH3 is 1. The van der Waals surface area contributed by atoms with Crippen LogP contribution in [0.25, 0.3) is 0 Å². The number of guanidine groups is 1. The van der Waals surface area contributed by atoms with Crippen LogP contribution in [-0.2, 0) is 6.42 Å². The molecule has 1 heterocycles.